The van der Waals surface area contributed by atoms with Crippen molar-refractivity contribution in [2.24, 2.45) is 11.7 Å². The predicted molar refractivity (Wildman–Crippen MR) is 65.5 cm³/mol. The summed E-state index contributed by atoms with van der Waals surface area (Å²) in [6.45, 7) is 0.976. The first-order valence-corrected chi connectivity index (χ1v) is 5.88. The van der Waals surface area contributed by atoms with Crippen molar-refractivity contribution >= 4 is 5.97 Å². The molecule has 0 aliphatic carbocycles. The molecule has 98 valence electrons. The number of carbonyl (C=O) groups is 1. The largest absolute Gasteiger partial charge is 0.489 e. The third kappa shape index (κ3) is 2.92. The Balaban J connectivity index is 1.94. The summed E-state index contributed by atoms with van der Waals surface area (Å²) in [5, 5.41) is 0. The molecule has 0 saturated carbocycles. The zero-order valence-corrected chi connectivity index (χ0v) is 10.3. The molecule has 18 heavy (non-hydrogen) atoms. The summed E-state index contributed by atoms with van der Waals surface area (Å²) in [4.78, 5) is 11.3. The Labute approximate surface area is 106 Å². The van der Waals surface area contributed by atoms with E-state index < -0.39 is 12.0 Å². The van der Waals surface area contributed by atoms with Crippen molar-refractivity contribution in [3.05, 3.63) is 24.3 Å². The van der Waals surface area contributed by atoms with Gasteiger partial charge in [0.1, 0.15) is 6.04 Å². The Morgan fingerprint density at radius 1 is 1.39 bits per heavy atom. The summed E-state index contributed by atoms with van der Waals surface area (Å²) >= 11 is 0. The second kappa shape index (κ2) is 5.73. The van der Waals surface area contributed by atoms with Crippen LogP contribution in [0.15, 0.2) is 24.3 Å². The van der Waals surface area contributed by atoms with Crippen molar-refractivity contribution in [1.29, 1.82) is 0 Å². The summed E-state index contributed by atoms with van der Waals surface area (Å²) in [6.07, 6.45) is 0.487. The van der Waals surface area contributed by atoms with Crippen LogP contribution >= 0.6 is 0 Å². The van der Waals surface area contributed by atoms with E-state index in [-0.39, 0.29) is 5.92 Å². The van der Waals surface area contributed by atoms with E-state index in [1.807, 2.05) is 24.3 Å². The lowest BCUT2D eigenvalue weighted by molar-refractivity contribution is -0.142. The fourth-order valence-corrected chi connectivity index (χ4v) is 1.89. The molecule has 2 N–H and O–H groups in total. The highest BCUT2D eigenvalue weighted by atomic mass is 16.5. The lowest BCUT2D eigenvalue weighted by atomic mass is 10.0. The lowest BCUT2D eigenvalue weighted by Gasteiger charge is -2.16. The Bertz CT molecular complexity index is 394. The van der Waals surface area contributed by atoms with Crippen molar-refractivity contribution in [3.63, 3.8) is 0 Å². The highest BCUT2D eigenvalue weighted by Gasteiger charge is 2.24. The number of hydrogen-bond acceptors (Lipinski definition) is 5. The number of para-hydroxylation sites is 2. The summed E-state index contributed by atoms with van der Waals surface area (Å²) < 4.78 is 15.9. The molecule has 0 fully saturated rings. The molecule has 1 aliphatic heterocycles. The van der Waals surface area contributed by atoms with E-state index in [2.05, 4.69) is 4.74 Å². The van der Waals surface area contributed by atoms with Gasteiger partial charge in [-0.3, -0.25) is 4.79 Å². The quantitative estimate of drug-likeness (QED) is 0.810. The minimum atomic E-state index is -0.631. The predicted octanol–water partition coefficient (Wildman–Crippen LogP) is 0.964. The molecule has 0 aromatic heterocycles. The van der Waals surface area contributed by atoms with Crippen molar-refractivity contribution in [2.45, 2.75) is 12.5 Å². The van der Waals surface area contributed by atoms with Gasteiger partial charge in [0.2, 0.25) is 0 Å². The second-order valence-corrected chi connectivity index (χ2v) is 4.30. The van der Waals surface area contributed by atoms with Crippen molar-refractivity contribution in [1.82, 2.24) is 0 Å². The van der Waals surface area contributed by atoms with Gasteiger partial charge in [-0.1, -0.05) is 12.1 Å². The monoisotopic (exact) mass is 251 g/mol. The SMILES string of the molecule is COC(=O)C(N)CC1COc2ccccc2OC1. The number of hydrogen-bond donors (Lipinski definition) is 1. The van der Waals surface area contributed by atoms with Gasteiger partial charge in [-0.15, -0.1) is 0 Å². The van der Waals surface area contributed by atoms with Gasteiger partial charge < -0.3 is 19.9 Å². The van der Waals surface area contributed by atoms with Gasteiger partial charge in [0.25, 0.3) is 0 Å². The van der Waals surface area contributed by atoms with Gasteiger partial charge in [-0.05, 0) is 18.6 Å². The molecule has 0 amide bonds. The zero-order valence-electron chi connectivity index (χ0n) is 10.3. The van der Waals surface area contributed by atoms with Crippen LogP contribution < -0.4 is 15.2 Å². The van der Waals surface area contributed by atoms with Crippen molar-refractivity contribution < 1.29 is 19.0 Å². The van der Waals surface area contributed by atoms with Crippen LogP contribution in [-0.2, 0) is 9.53 Å². The summed E-state index contributed by atoms with van der Waals surface area (Å²) in [5.74, 6) is 1.13. The number of ether oxygens (including phenoxy) is 3. The third-order valence-corrected chi connectivity index (χ3v) is 2.89. The van der Waals surface area contributed by atoms with Gasteiger partial charge in [0.15, 0.2) is 11.5 Å². The lowest BCUT2D eigenvalue weighted by Crippen LogP contribution is -2.36. The number of methoxy groups -OCH3 is 1. The van der Waals surface area contributed by atoms with Crippen molar-refractivity contribution in [3.8, 4) is 11.5 Å². The molecule has 5 heteroatoms. The molecule has 0 radical (unpaired) electrons. The number of carbonyl (C=O) groups excluding carboxylic acids is 1. The molecule has 0 bridgehead atoms. The smallest absolute Gasteiger partial charge is 0.322 e. The minimum Gasteiger partial charge on any atom is -0.489 e. The topological polar surface area (TPSA) is 70.8 Å². The fraction of sp³-hybridized carbons (Fsp3) is 0.462. The van der Waals surface area contributed by atoms with Gasteiger partial charge >= 0.3 is 5.97 Å². The fourth-order valence-electron chi connectivity index (χ4n) is 1.89. The van der Waals surface area contributed by atoms with Crippen LogP contribution in [0.5, 0.6) is 11.5 Å². The van der Waals surface area contributed by atoms with Crippen LogP contribution in [0.1, 0.15) is 6.42 Å². The van der Waals surface area contributed by atoms with E-state index in [0.29, 0.717) is 19.6 Å². The average Bonchev–Trinajstić information content (AvgIpc) is 2.61. The van der Waals surface area contributed by atoms with E-state index in [0.717, 1.165) is 11.5 Å². The second-order valence-electron chi connectivity index (χ2n) is 4.30. The standard InChI is InChI=1S/C13H17NO4/c1-16-13(15)10(14)6-9-7-17-11-4-2-3-5-12(11)18-8-9/h2-5,9-10H,6-8,14H2,1H3. The van der Waals surface area contributed by atoms with Crippen LogP contribution in [0.2, 0.25) is 0 Å². The van der Waals surface area contributed by atoms with Crippen LogP contribution in [0.4, 0.5) is 0 Å². The van der Waals surface area contributed by atoms with Crippen LogP contribution in [-0.4, -0.2) is 32.3 Å². The van der Waals surface area contributed by atoms with E-state index in [9.17, 15) is 4.79 Å². The molecule has 0 spiro atoms. The molecule has 0 saturated heterocycles. The minimum absolute atomic E-state index is 0.0755. The van der Waals surface area contributed by atoms with Gasteiger partial charge in [0, 0.05) is 5.92 Å². The van der Waals surface area contributed by atoms with Gasteiger partial charge in [0.05, 0.1) is 20.3 Å². The first-order valence-electron chi connectivity index (χ1n) is 5.88. The average molecular weight is 251 g/mol. The summed E-state index contributed by atoms with van der Waals surface area (Å²) in [5.41, 5.74) is 5.73. The van der Waals surface area contributed by atoms with E-state index in [1.165, 1.54) is 7.11 Å². The molecule has 1 aromatic carbocycles. The maximum absolute atomic E-state index is 11.3. The highest BCUT2D eigenvalue weighted by Crippen LogP contribution is 2.30. The molecular weight excluding hydrogens is 234 g/mol. The Morgan fingerprint density at radius 3 is 2.44 bits per heavy atom. The highest BCUT2D eigenvalue weighted by molar-refractivity contribution is 5.75. The molecular formula is C13H17NO4. The normalized spacial score (nSPS) is 16.8. The Morgan fingerprint density at radius 2 is 1.94 bits per heavy atom. The van der Waals surface area contributed by atoms with Crippen molar-refractivity contribution in [2.75, 3.05) is 20.3 Å². The zero-order chi connectivity index (χ0) is 13.0. The number of nitrogens with two attached hydrogens (primary N) is 1. The molecule has 1 atom stereocenters. The molecule has 5 nitrogen and oxygen atoms in total. The first-order chi connectivity index (χ1) is 8.70. The molecule has 2 rings (SSSR count). The molecule has 1 aromatic rings. The number of benzene rings is 1. The molecule has 1 unspecified atom stereocenters. The molecule has 1 heterocycles. The van der Waals surface area contributed by atoms with Crippen LogP contribution in [0.25, 0.3) is 0 Å². The Kier molecular flexibility index (Phi) is 4.04. The summed E-state index contributed by atoms with van der Waals surface area (Å²) in [6, 6.07) is 6.87. The maximum Gasteiger partial charge on any atom is 0.322 e. The summed E-state index contributed by atoms with van der Waals surface area (Å²) in [7, 11) is 1.33. The van der Waals surface area contributed by atoms with Gasteiger partial charge in [-0.25, -0.2) is 0 Å². The number of fused-ring (bicyclic) bond motifs is 1. The first kappa shape index (κ1) is 12.7. The number of esters is 1. The van der Waals surface area contributed by atoms with E-state index >= 15 is 0 Å². The van der Waals surface area contributed by atoms with E-state index in [4.69, 9.17) is 15.2 Å². The van der Waals surface area contributed by atoms with Crippen LogP contribution in [0, 0.1) is 5.92 Å². The Hall–Kier alpha value is -1.75. The van der Waals surface area contributed by atoms with Gasteiger partial charge in [-0.2, -0.15) is 0 Å². The maximum atomic E-state index is 11.3. The third-order valence-electron chi connectivity index (χ3n) is 2.89. The molecule has 1 aliphatic rings. The van der Waals surface area contributed by atoms with Crippen LogP contribution in [0.3, 0.4) is 0 Å². The number of rotatable bonds is 3. The van der Waals surface area contributed by atoms with E-state index in [1.54, 1.807) is 0 Å².